The lowest BCUT2D eigenvalue weighted by molar-refractivity contribution is -0.115. The number of carbonyl (C=O) groups excluding carboxylic acids is 2. The summed E-state index contributed by atoms with van der Waals surface area (Å²) in [5.41, 5.74) is 17.3. The molecule has 0 aliphatic heterocycles. The van der Waals surface area contributed by atoms with Gasteiger partial charge in [-0.25, -0.2) is 0 Å². The lowest BCUT2D eigenvalue weighted by Gasteiger charge is -2.13. The standard InChI is InChI=1S/C28H24N6O2/c29-15-27(35)31-23-7-3-1-5-19(23)17-9-11-21-22-12-10-18(14-26(22)34-33-25(21)13-17)20-6-2-4-8-24(20)32-28(36)16-30/h1-14H,15-16,29-30H2,(H,31,35)(H,32,36). The minimum atomic E-state index is -0.256. The number of nitrogens with two attached hydrogens (primary N) is 2. The summed E-state index contributed by atoms with van der Waals surface area (Å²) in [4.78, 5) is 23.7. The van der Waals surface area contributed by atoms with Crippen LogP contribution in [0.2, 0.25) is 0 Å². The van der Waals surface area contributed by atoms with Gasteiger partial charge in [0.05, 0.1) is 24.1 Å². The zero-order valence-electron chi connectivity index (χ0n) is 19.4. The van der Waals surface area contributed by atoms with E-state index in [0.717, 1.165) is 44.1 Å². The van der Waals surface area contributed by atoms with Crippen LogP contribution >= 0.6 is 0 Å². The van der Waals surface area contributed by atoms with Crippen molar-refractivity contribution in [1.29, 1.82) is 0 Å². The van der Waals surface area contributed by atoms with Crippen molar-refractivity contribution in [3.05, 3.63) is 84.9 Å². The Morgan fingerprint density at radius 1 is 0.611 bits per heavy atom. The molecule has 8 nitrogen and oxygen atoms in total. The predicted molar refractivity (Wildman–Crippen MR) is 143 cm³/mol. The summed E-state index contributed by atoms with van der Waals surface area (Å²) in [6.07, 6.45) is 0. The second kappa shape index (κ2) is 9.91. The third-order valence-corrected chi connectivity index (χ3v) is 5.95. The first-order chi connectivity index (χ1) is 17.6. The molecule has 1 heterocycles. The minimum Gasteiger partial charge on any atom is -0.324 e. The maximum Gasteiger partial charge on any atom is 0.238 e. The van der Waals surface area contributed by atoms with Gasteiger partial charge < -0.3 is 22.1 Å². The van der Waals surface area contributed by atoms with Gasteiger partial charge in [0, 0.05) is 33.3 Å². The number of carbonyl (C=O) groups is 2. The lowest BCUT2D eigenvalue weighted by Crippen LogP contribution is -2.22. The topological polar surface area (TPSA) is 136 Å². The van der Waals surface area contributed by atoms with Crippen LogP contribution < -0.4 is 22.1 Å². The zero-order chi connectivity index (χ0) is 25.1. The largest absolute Gasteiger partial charge is 0.324 e. The molecule has 0 aliphatic carbocycles. The Morgan fingerprint density at radius 3 is 1.44 bits per heavy atom. The number of benzene rings is 4. The van der Waals surface area contributed by atoms with Gasteiger partial charge in [-0.2, -0.15) is 0 Å². The number of fused-ring (bicyclic) bond motifs is 3. The second-order valence-corrected chi connectivity index (χ2v) is 8.26. The molecule has 0 fully saturated rings. The molecule has 36 heavy (non-hydrogen) atoms. The van der Waals surface area contributed by atoms with E-state index in [2.05, 4.69) is 20.8 Å². The fraction of sp³-hybridized carbons (Fsp3) is 0.0714. The van der Waals surface area contributed by atoms with Crippen LogP contribution in [-0.4, -0.2) is 35.1 Å². The summed E-state index contributed by atoms with van der Waals surface area (Å²) in [6, 6.07) is 27.1. The molecule has 178 valence electrons. The SMILES string of the molecule is NCC(=O)Nc1ccccc1-c1ccc2c(c1)nnc1cc(-c3ccccc3NC(=O)CN)ccc12. The number of para-hydroxylation sites is 2. The number of rotatable bonds is 6. The van der Waals surface area contributed by atoms with Gasteiger partial charge in [-0.05, 0) is 35.4 Å². The minimum absolute atomic E-state index is 0.0879. The molecular weight excluding hydrogens is 452 g/mol. The Kier molecular flexibility index (Phi) is 6.36. The van der Waals surface area contributed by atoms with E-state index >= 15 is 0 Å². The number of anilines is 2. The maximum absolute atomic E-state index is 11.9. The van der Waals surface area contributed by atoms with Crippen LogP contribution in [0.4, 0.5) is 11.4 Å². The molecular formula is C28H24N6O2. The molecule has 4 aromatic carbocycles. The van der Waals surface area contributed by atoms with Crippen molar-refractivity contribution in [2.45, 2.75) is 0 Å². The van der Waals surface area contributed by atoms with Gasteiger partial charge in [0.1, 0.15) is 0 Å². The van der Waals surface area contributed by atoms with Crippen molar-refractivity contribution in [2.75, 3.05) is 23.7 Å². The molecule has 0 spiro atoms. The van der Waals surface area contributed by atoms with E-state index in [1.54, 1.807) is 0 Å². The summed E-state index contributed by atoms with van der Waals surface area (Å²) < 4.78 is 0. The Bertz CT molecular complexity index is 1490. The second-order valence-electron chi connectivity index (χ2n) is 8.26. The quantitative estimate of drug-likeness (QED) is 0.274. The van der Waals surface area contributed by atoms with Crippen molar-refractivity contribution in [3.63, 3.8) is 0 Å². The summed E-state index contributed by atoms with van der Waals surface area (Å²) in [7, 11) is 0. The van der Waals surface area contributed by atoms with Gasteiger partial charge in [-0.3, -0.25) is 9.59 Å². The van der Waals surface area contributed by atoms with E-state index in [1.807, 2.05) is 84.9 Å². The summed E-state index contributed by atoms with van der Waals surface area (Å²) >= 11 is 0. The molecule has 6 N–H and O–H groups in total. The van der Waals surface area contributed by atoms with Crippen molar-refractivity contribution in [1.82, 2.24) is 10.2 Å². The molecule has 1 aromatic heterocycles. The normalized spacial score (nSPS) is 10.9. The summed E-state index contributed by atoms with van der Waals surface area (Å²) in [5.74, 6) is -0.511. The van der Waals surface area contributed by atoms with Gasteiger partial charge in [0.15, 0.2) is 0 Å². The predicted octanol–water partition coefficient (Wildman–Crippen LogP) is 3.91. The highest BCUT2D eigenvalue weighted by atomic mass is 16.2. The van der Waals surface area contributed by atoms with E-state index < -0.39 is 0 Å². The summed E-state index contributed by atoms with van der Waals surface area (Å²) in [5, 5.41) is 16.6. The monoisotopic (exact) mass is 476 g/mol. The Hall–Kier alpha value is -4.66. The Morgan fingerprint density at radius 2 is 1.03 bits per heavy atom. The molecule has 0 saturated carbocycles. The molecule has 5 rings (SSSR count). The fourth-order valence-corrected chi connectivity index (χ4v) is 4.22. The number of amides is 2. The number of hydrogen-bond acceptors (Lipinski definition) is 6. The molecule has 0 bridgehead atoms. The molecule has 0 saturated heterocycles. The number of aromatic nitrogens is 2. The first kappa shape index (κ1) is 23.1. The van der Waals surface area contributed by atoms with Crippen molar-refractivity contribution < 1.29 is 9.59 Å². The zero-order valence-corrected chi connectivity index (χ0v) is 19.4. The first-order valence-electron chi connectivity index (χ1n) is 11.5. The highest BCUT2D eigenvalue weighted by Gasteiger charge is 2.12. The van der Waals surface area contributed by atoms with E-state index in [0.29, 0.717) is 11.4 Å². The van der Waals surface area contributed by atoms with Crippen LogP contribution in [0.5, 0.6) is 0 Å². The molecule has 0 atom stereocenters. The van der Waals surface area contributed by atoms with Gasteiger partial charge in [-0.15, -0.1) is 10.2 Å². The Balaban J connectivity index is 1.55. The van der Waals surface area contributed by atoms with Crippen LogP contribution in [0.15, 0.2) is 84.9 Å². The molecule has 0 aliphatic rings. The Labute approximate surface area is 207 Å². The molecule has 2 amide bonds. The van der Waals surface area contributed by atoms with Gasteiger partial charge in [0.2, 0.25) is 11.8 Å². The van der Waals surface area contributed by atoms with E-state index in [9.17, 15) is 9.59 Å². The van der Waals surface area contributed by atoms with Crippen LogP contribution in [-0.2, 0) is 9.59 Å². The average molecular weight is 477 g/mol. The average Bonchev–Trinajstić information content (AvgIpc) is 2.92. The smallest absolute Gasteiger partial charge is 0.238 e. The van der Waals surface area contributed by atoms with E-state index in [-0.39, 0.29) is 24.9 Å². The number of nitrogens with zero attached hydrogens (tertiary/aromatic N) is 2. The fourth-order valence-electron chi connectivity index (χ4n) is 4.22. The van der Waals surface area contributed by atoms with Gasteiger partial charge in [-0.1, -0.05) is 60.7 Å². The third kappa shape index (κ3) is 4.50. The number of nitrogens with one attached hydrogen (secondary N) is 2. The van der Waals surface area contributed by atoms with E-state index in [4.69, 9.17) is 11.5 Å². The lowest BCUT2D eigenvalue weighted by atomic mass is 9.98. The third-order valence-electron chi connectivity index (χ3n) is 5.95. The van der Waals surface area contributed by atoms with Crippen LogP contribution in [0.1, 0.15) is 0 Å². The highest BCUT2D eigenvalue weighted by molar-refractivity contribution is 6.07. The molecule has 5 aromatic rings. The van der Waals surface area contributed by atoms with Crippen molar-refractivity contribution >= 4 is 45.0 Å². The van der Waals surface area contributed by atoms with Crippen LogP contribution in [0.25, 0.3) is 44.1 Å². The molecule has 8 heteroatoms. The molecule has 0 unspecified atom stereocenters. The van der Waals surface area contributed by atoms with Gasteiger partial charge in [0.25, 0.3) is 0 Å². The van der Waals surface area contributed by atoms with E-state index in [1.165, 1.54) is 0 Å². The highest BCUT2D eigenvalue weighted by Crippen LogP contribution is 2.34. The molecule has 0 radical (unpaired) electrons. The first-order valence-corrected chi connectivity index (χ1v) is 11.5. The van der Waals surface area contributed by atoms with Crippen LogP contribution in [0.3, 0.4) is 0 Å². The van der Waals surface area contributed by atoms with Gasteiger partial charge >= 0.3 is 0 Å². The summed E-state index contributed by atoms with van der Waals surface area (Å²) in [6.45, 7) is -0.176. The van der Waals surface area contributed by atoms with Crippen molar-refractivity contribution in [2.24, 2.45) is 11.5 Å². The maximum atomic E-state index is 11.9. The van der Waals surface area contributed by atoms with Crippen LogP contribution in [0, 0.1) is 0 Å². The number of hydrogen-bond donors (Lipinski definition) is 4. The van der Waals surface area contributed by atoms with Crippen molar-refractivity contribution in [3.8, 4) is 22.3 Å².